The van der Waals surface area contributed by atoms with E-state index in [1.807, 2.05) is 0 Å². The van der Waals surface area contributed by atoms with Gasteiger partial charge in [0.15, 0.2) is 17.3 Å². The van der Waals surface area contributed by atoms with Gasteiger partial charge in [0.05, 0.1) is 18.2 Å². The number of nitrogens with zero attached hydrogens (tertiary/aromatic N) is 5. The van der Waals surface area contributed by atoms with Crippen LogP contribution in [0.25, 0.3) is 5.65 Å². The lowest BCUT2D eigenvalue weighted by atomic mass is 9.87. The summed E-state index contributed by atoms with van der Waals surface area (Å²) < 4.78 is 54.2. The molecule has 0 bridgehead atoms. The molecule has 1 aliphatic rings. The number of aromatic nitrogens is 3. The summed E-state index contributed by atoms with van der Waals surface area (Å²) >= 11 is 0. The number of benzene rings is 1. The monoisotopic (exact) mass is 463 g/mol. The van der Waals surface area contributed by atoms with E-state index in [-0.39, 0.29) is 40.9 Å². The number of carbonyl (C=O) groups is 2. The second kappa shape index (κ2) is 7.53. The number of rotatable bonds is 3. The standard InChI is InChI=1S/C20H17F4N7O2/c1-19(6-16(32)30(2)18(25)29-19)11-5-10(3-4-12(11)21)27-17(33)13-8-31-9-14(20(22,23)24)28-15(31)7-26-13/h3-5,7-9H,6H2,1-2H3,(H2,25,29)(H,27,33). The van der Waals surface area contributed by atoms with Gasteiger partial charge in [-0.2, -0.15) is 13.2 Å². The molecular weight excluding hydrogens is 446 g/mol. The molecule has 1 atom stereocenters. The molecular formula is C20H17F4N7O2. The van der Waals surface area contributed by atoms with Crippen molar-refractivity contribution in [2.45, 2.75) is 25.1 Å². The average molecular weight is 463 g/mol. The maximum absolute atomic E-state index is 14.6. The lowest BCUT2D eigenvalue weighted by Gasteiger charge is -2.34. The molecule has 33 heavy (non-hydrogen) atoms. The van der Waals surface area contributed by atoms with E-state index in [2.05, 4.69) is 20.3 Å². The third kappa shape index (κ3) is 4.08. The molecule has 0 aliphatic carbocycles. The van der Waals surface area contributed by atoms with Crippen molar-refractivity contribution in [1.29, 1.82) is 0 Å². The Morgan fingerprint density at radius 3 is 2.67 bits per heavy atom. The van der Waals surface area contributed by atoms with Crippen molar-refractivity contribution in [1.82, 2.24) is 19.3 Å². The Kier molecular flexibility index (Phi) is 5.06. The van der Waals surface area contributed by atoms with Gasteiger partial charge in [-0.1, -0.05) is 0 Å². The Bertz CT molecular complexity index is 1320. The van der Waals surface area contributed by atoms with Crippen LogP contribution in [-0.4, -0.2) is 44.1 Å². The number of anilines is 1. The fourth-order valence-electron chi connectivity index (χ4n) is 3.43. The first kappa shape index (κ1) is 22.2. The fourth-order valence-corrected chi connectivity index (χ4v) is 3.43. The zero-order chi connectivity index (χ0) is 24.1. The first-order chi connectivity index (χ1) is 15.4. The molecule has 0 spiro atoms. The van der Waals surface area contributed by atoms with E-state index in [1.54, 1.807) is 6.92 Å². The van der Waals surface area contributed by atoms with Crippen LogP contribution in [0.3, 0.4) is 0 Å². The van der Waals surface area contributed by atoms with Crippen LogP contribution in [0.2, 0.25) is 0 Å². The summed E-state index contributed by atoms with van der Waals surface area (Å²) in [5, 5.41) is 2.52. The highest BCUT2D eigenvalue weighted by atomic mass is 19.4. The summed E-state index contributed by atoms with van der Waals surface area (Å²) in [4.78, 5) is 37.5. The molecule has 0 saturated carbocycles. The molecule has 2 amide bonds. The van der Waals surface area contributed by atoms with E-state index < -0.39 is 29.1 Å². The van der Waals surface area contributed by atoms with Crippen LogP contribution < -0.4 is 11.1 Å². The predicted molar refractivity (Wildman–Crippen MR) is 109 cm³/mol. The number of carbonyl (C=O) groups excluding carboxylic acids is 2. The third-order valence-corrected chi connectivity index (χ3v) is 5.24. The molecule has 0 radical (unpaired) electrons. The second-order valence-corrected chi connectivity index (χ2v) is 7.68. The number of hydrogen-bond donors (Lipinski definition) is 2. The minimum absolute atomic E-state index is 0.0394. The van der Waals surface area contributed by atoms with E-state index in [9.17, 15) is 27.2 Å². The number of imidazole rings is 1. The molecule has 3 aromatic rings. The molecule has 3 heterocycles. The van der Waals surface area contributed by atoms with Crippen LogP contribution in [0, 0.1) is 5.82 Å². The summed E-state index contributed by atoms with van der Waals surface area (Å²) in [5.41, 5.74) is 3.30. The van der Waals surface area contributed by atoms with Gasteiger partial charge in [-0.05, 0) is 25.1 Å². The number of nitrogens with two attached hydrogens (primary N) is 1. The molecule has 4 rings (SSSR count). The Labute approximate surface area is 183 Å². The highest BCUT2D eigenvalue weighted by Crippen LogP contribution is 2.36. The number of amides is 2. The lowest BCUT2D eigenvalue weighted by molar-refractivity contribution is -0.140. The number of guanidine groups is 1. The molecule has 13 heteroatoms. The SMILES string of the molecule is CN1C(=O)CC(C)(c2cc(NC(=O)c3cn4cc(C(F)(F)F)nc4cn3)ccc2F)N=C1N. The highest BCUT2D eigenvalue weighted by molar-refractivity contribution is 6.03. The van der Waals surface area contributed by atoms with Gasteiger partial charge in [0.1, 0.15) is 11.5 Å². The summed E-state index contributed by atoms with van der Waals surface area (Å²) in [6.07, 6.45) is -1.92. The van der Waals surface area contributed by atoms with Crippen LogP contribution >= 0.6 is 0 Å². The predicted octanol–water partition coefficient (Wildman–Crippen LogP) is 2.53. The number of nitrogens with one attached hydrogen (secondary N) is 1. The summed E-state index contributed by atoms with van der Waals surface area (Å²) in [6, 6.07) is 3.72. The first-order valence-corrected chi connectivity index (χ1v) is 9.52. The van der Waals surface area contributed by atoms with Gasteiger partial charge in [0, 0.05) is 30.7 Å². The summed E-state index contributed by atoms with van der Waals surface area (Å²) in [7, 11) is 1.45. The van der Waals surface area contributed by atoms with Crippen molar-refractivity contribution in [3.63, 3.8) is 0 Å². The molecule has 1 unspecified atom stereocenters. The number of fused-ring (bicyclic) bond motifs is 1. The van der Waals surface area contributed by atoms with Crippen molar-refractivity contribution < 1.29 is 27.2 Å². The second-order valence-electron chi connectivity index (χ2n) is 7.68. The van der Waals surface area contributed by atoms with Crippen molar-refractivity contribution in [2.24, 2.45) is 10.7 Å². The normalized spacial score (nSPS) is 19.0. The maximum atomic E-state index is 14.6. The van der Waals surface area contributed by atoms with Gasteiger partial charge in [-0.25, -0.2) is 19.4 Å². The average Bonchev–Trinajstić information content (AvgIpc) is 3.17. The molecule has 0 saturated heterocycles. The van der Waals surface area contributed by atoms with E-state index in [0.29, 0.717) is 0 Å². The van der Waals surface area contributed by atoms with Gasteiger partial charge in [0.25, 0.3) is 5.91 Å². The zero-order valence-electron chi connectivity index (χ0n) is 17.3. The Hall–Kier alpha value is -4.03. The van der Waals surface area contributed by atoms with Gasteiger partial charge < -0.3 is 15.5 Å². The molecule has 1 aromatic carbocycles. The van der Waals surface area contributed by atoms with Crippen LogP contribution in [0.5, 0.6) is 0 Å². The van der Waals surface area contributed by atoms with Gasteiger partial charge >= 0.3 is 6.18 Å². The van der Waals surface area contributed by atoms with Gasteiger partial charge in [-0.3, -0.25) is 14.5 Å². The van der Waals surface area contributed by atoms with Crippen LogP contribution in [0.4, 0.5) is 23.2 Å². The molecule has 172 valence electrons. The fraction of sp³-hybridized carbons (Fsp3) is 0.250. The smallest absolute Gasteiger partial charge is 0.369 e. The van der Waals surface area contributed by atoms with E-state index >= 15 is 0 Å². The van der Waals surface area contributed by atoms with Gasteiger partial charge in [0.2, 0.25) is 5.91 Å². The number of halogens is 4. The Balaban J connectivity index is 1.62. The third-order valence-electron chi connectivity index (χ3n) is 5.24. The van der Waals surface area contributed by atoms with E-state index in [0.717, 1.165) is 34.0 Å². The first-order valence-electron chi connectivity index (χ1n) is 9.52. The number of alkyl halides is 3. The van der Waals surface area contributed by atoms with Crippen molar-refractivity contribution in [2.75, 3.05) is 12.4 Å². The molecule has 0 fully saturated rings. The highest BCUT2D eigenvalue weighted by Gasteiger charge is 2.38. The minimum Gasteiger partial charge on any atom is -0.369 e. The van der Waals surface area contributed by atoms with Crippen molar-refractivity contribution in [3.05, 3.63) is 59.6 Å². The zero-order valence-corrected chi connectivity index (χ0v) is 17.3. The van der Waals surface area contributed by atoms with E-state index in [4.69, 9.17) is 5.73 Å². The Morgan fingerprint density at radius 1 is 1.27 bits per heavy atom. The molecule has 2 aromatic heterocycles. The van der Waals surface area contributed by atoms with Crippen molar-refractivity contribution in [3.8, 4) is 0 Å². The van der Waals surface area contributed by atoms with Gasteiger partial charge in [-0.15, -0.1) is 0 Å². The van der Waals surface area contributed by atoms with Crippen molar-refractivity contribution >= 4 is 29.1 Å². The minimum atomic E-state index is -4.64. The molecule has 1 aliphatic heterocycles. The summed E-state index contributed by atoms with van der Waals surface area (Å²) in [6.45, 7) is 1.54. The topological polar surface area (TPSA) is 118 Å². The summed E-state index contributed by atoms with van der Waals surface area (Å²) in [5.74, 6) is -1.82. The molecule has 9 nitrogen and oxygen atoms in total. The lowest BCUT2D eigenvalue weighted by Crippen LogP contribution is -2.47. The number of aliphatic imine (C=N–C) groups is 1. The van der Waals surface area contributed by atoms with Crippen LogP contribution in [0.15, 0.2) is 41.8 Å². The molecule has 3 N–H and O–H groups in total. The van der Waals surface area contributed by atoms with Crippen LogP contribution in [-0.2, 0) is 16.5 Å². The van der Waals surface area contributed by atoms with E-state index in [1.165, 1.54) is 19.2 Å². The maximum Gasteiger partial charge on any atom is 0.434 e. The quantitative estimate of drug-likeness (QED) is 0.579. The number of hydrogen-bond acceptors (Lipinski definition) is 6. The van der Waals surface area contributed by atoms with Crippen LogP contribution in [0.1, 0.15) is 35.1 Å². The Morgan fingerprint density at radius 2 is 2.00 bits per heavy atom. The largest absolute Gasteiger partial charge is 0.434 e.